The minimum atomic E-state index is -0.256. The van der Waals surface area contributed by atoms with Gasteiger partial charge in [-0.25, -0.2) is 4.39 Å². The third kappa shape index (κ3) is 2.50. The van der Waals surface area contributed by atoms with Crippen molar-refractivity contribution in [2.24, 2.45) is 0 Å². The Hall–Kier alpha value is -1.42. The van der Waals surface area contributed by atoms with Crippen molar-refractivity contribution in [1.82, 2.24) is 10.2 Å². The van der Waals surface area contributed by atoms with Gasteiger partial charge in [0.1, 0.15) is 5.82 Å². The summed E-state index contributed by atoms with van der Waals surface area (Å²) in [5.74, 6) is -0.231. The summed E-state index contributed by atoms with van der Waals surface area (Å²) in [5.41, 5.74) is 1.12. The van der Waals surface area contributed by atoms with Crippen LogP contribution in [0.2, 0.25) is 0 Å². The molecular formula is C15H19FN2O. The standard InChI is InChI=1S/C15H19FN2O/c1-10-8-11(2-5-14(10)16)15(19)18-7-6-12-3-4-13(9-18)17-12/h2,5,8,12-13,17H,3-4,6-7,9H2,1H3/t12-,13+/m1/s1. The highest BCUT2D eigenvalue weighted by Gasteiger charge is 2.31. The number of likely N-dealkylation sites (tertiary alicyclic amines) is 1. The molecule has 1 aromatic rings. The molecule has 1 aromatic carbocycles. The lowest BCUT2D eigenvalue weighted by molar-refractivity contribution is 0.0748. The Morgan fingerprint density at radius 1 is 1.32 bits per heavy atom. The third-order valence-corrected chi connectivity index (χ3v) is 4.22. The zero-order chi connectivity index (χ0) is 13.4. The van der Waals surface area contributed by atoms with Crippen molar-refractivity contribution in [3.8, 4) is 0 Å². The van der Waals surface area contributed by atoms with Gasteiger partial charge in [0, 0.05) is 30.7 Å². The molecule has 2 heterocycles. The monoisotopic (exact) mass is 262 g/mol. The van der Waals surface area contributed by atoms with E-state index in [4.69, 9.17) is 0 Å². The molecule has 0 aromatic heterocycles. The van der Waals surface area contributed by atoms with Crippen LogP contribution in [-0.4, -0.2) is 36.0 Å². The second kappa shape index (κ2) is 4.93. The first-order valence-electron chi connectivity index (χ1n) is 6.95. The van der Waals surface area contributed by atoms with Crippen molar-refractivity contribution in [1.29, 1.82) is 0 Å². The highest BCUT2D eigenvalue weighted by Crippen LogP contribution is 2.22. The van der Waals surface area contributed by atoms with Gasteiger partial charge in [-0.05, 0) is 49.9 Å². The van der Waals surface area contributed by atoms with Crippen molar-refractivity contribution in [3.63, 3.8) is 0 Å². The molecule has 2 atom stereocenters. The van der Waals surface area contributed by atoms with Gasteiger partial charge in [-0.15, -0.1) is 0 Å². The first kappa shape index (κ1) is 12.6. The Morgan fingerprint density at radius 2 is 2.11 bits per heavy atom. The maximum atomic E-state index is 13.3. The van der Waals surface area contributed by atoms with E-state index in [1.165, 1.54) is 12.5 Å². The van der Waals surface area contributed by atoms with E-state index in [9.17, 15) is 9.18 Å². The number of amides is 1. The fraction of sp³-hybridized carbons (Fsp3) is 0.533. The number of nitrogens with zero attached hydrogens (tertiary/aromatic N) is 1. The van der Waals surface area contributed by atoms with Crippen LogP contribution in [0.25, 0.3) is 0 Å². The minimum Gasteiger partial charge on any atom is -0.337 e. The van der Waals surface area contributed by atoms with Crippen LogP contribution in [0.5, 0.6) is 0 Å². The van der Waals surface area contributed by atoms with Crippen LogP contribution >= 0.6 is 0 Å². The van der Waals surface area contributed by atoms with E-state index in [1.807, 2.05) is 4.90 Å². The zero-order valence-electron chi connectivity index (χ0n) is 11.2. The van der Waals surface area contributed by atoms with Gasteiger partial charge in [-0.3, -0.25) is 4.79 Å². The number of carbonyl (C=O) groups excluding carboxylic acids is 1. The average Bonchev–Trinajstić information content (AvgIpc) is 2.72. The van der Waals surface area contributed by atoms with Crippen LogP contribution in [0.4, 0.5) is 4.39 Å². The van der Waals surface area contributed by atoms with Gasteiger partial charge in [0.15, 0.2) is 0 Å². The SMILES string of the molecule is Cc1cc(C(=O)N2CC[C@H]3CC[C@@H](C2)N3)ccc1F. The molecule has 0 spiro atoms. The third-order valence-electron chi connectivity index (χ3n) is 4.22. The molecule has 3 nitrogen and oxygen atoms in total. The van der Waals surface area contributed by atoms with Gasteiger partial charge >= 0.3 is 0 Å². The molecule has 0 unspecified atom stereocenters. The summed E-state index contributed by atoms with van der Waals surface area (Å²) >= 11 is 0. The molecule has 2 fully saturated rings. The molecule has 1 amide bonds. The first-order chi connectivity index (χ1) is 9.13. The van der Waals surface area contributed by atoms with E-state index in [0.29, 0.717) is 23.2 Å². The number of nitrogens with one attached hydrogen (secondary N) is 1. The number of halogens is 1. The Morgan fingerprint density at radius 3 is 2.89 bits per heavy atom. The Kier molecular flexibility index (Phi) is 3.27. The van der Waals surface area contributed by atoms with Gasteiger partial charge in [-0.1, -0.05) is 0 Å². The van der Waals surface area contributed by atoms with Crippen LogP contribution in [-0.2, 0) is 0 Å². The predicted molar refractivity (Wildman–Crippen MR) is 71.6 cm³/mol. The number of rotatable bonds is 1. The van der Waals surface area contributed by atoms with Gasteiger partial charge in [0.05, 0.1) is 0 Å². The fourth-order valence-corrected chi connectivity index (χ4v) is 3.09. The topological polar surface area (TPSA) is 32.3 Å². The van der Waals surface area contributed by atoms with E-state index < -0.39 is 0 Å². The highest BCUT2D eigenvalue weighted by molar-refractivity contribution is 5.94. The molecule has 0 saturated carbocycles. The van der Waals surface area contributed by atoms with E-state index in [2.05, 4.69) is 5.32 Å². The van der Waals surface area contributed by atoms with Crippen molar-refractivity contribution < 1.29 is 9.18 Å². The Labute approximate surface area is 112 Å². The maximum absolute atomic E-state index is 13.3. The molecule has 2 aliphatic heterocycles. The first-order valence-corrected chi connectivity index (χ1v) is 6.95. The zero-order valence-corrected chi connectivity index (χ0v) is 11.2. The van der Waals surface area contributed by atoms with E-state index >= 15 is 0 Å². The highest BCUT2D eigenvalue weighted by atomic mass is 19.1. The van der Waals surface area contributed by atoms with Crippen LogP contribution in [0.1, 0.15) is 35.2 Å². The summed E-state index contributed by atoms with van der Waals surface area (Å²) in [7, 11) is 0. The van der Waals surface area contributed by atoms with Crippen molar-refractivity contribution in [2.75, 3.05) is 13.1 Å². The molecule has 2 saturated heterocycles. The molecule has 0 radical (unpaired) electrons. The van der Waals surface area contributed by atoms with Gasteiger partial charge < -0.3 is 10.2 Å². The molecule has 3 rings (SSSR count). The summed E-state index contributed by atoms with van der Waals surface area (Å²) < 4.78 is 13.3. The minimum absolute atomic E-state index is 0.0254. The predicted octanol–water partition coefficient (Wildman–Crippen LogP) is 2.10. The molecule has 0 aliphatic carbocycles. The lowest BCUT2D eigenvalue weighted by Gasteiger charge is -2.24. The number of carbonyl (C=O) groups is 1. The van der Waals surface area contributed by atoms with E-state index in [0.717, 1.165) is 25.9 Å². The molecule has 102 valence electrons. The summed E-state index contributed by atoms with van der Waals surface area (Å²) in [4.78, 5) is 14.4. The van der Waals surface area contributed by atoms with E-state index in [1.54, 1.807) is 19.1 Å². The van der Waals surface area contributed by atoms with Crippen LogP contribution in [0.3, 0.4) is 0 Å². The van der Waals surface area contributed by atoms with Gasteiger partial charge in [0.25, 0.3) is 5.91 Å². The van der Waals surface area contributed by atoms with Gasteiger partial charge in [0.2, 0.25) is 0 Å². The second-order valence-electron chi connectivity index (χ2n) is 5.64. The lowest BCUT2D eigenvalue weighted by Crippen LogP contribution is -2.39. The van der Waals surface area contributed by atoms with Crippen molar-refractivity contribution in [2.45, 2.75) is 38.3 Å². The molecule has 1 N–H and O–H groups in total. The smallest absolute Gasteiger partial charge is 0.253 e. The molecule has 2 aliphatic rings. The van der Waals surface area contributed by atoms with Crippen molar-refractivity contribution >= 4 is 5.91 Å². The Balaban J connectivity index is 1.77. The maximum Gasteiger partial charge on any atom is 0.253 e. The van der Waals surface area contributed by atoms with Crippen LogP contribution < -0.4 is 5.32 Å². The normalized spacial score (nSPS) is 26.3. The fourth-order valence-electron chi connectivity index (χ4n) is 3.09. The van der Waals surface area contributed by atoms with Crippen molar-refractivity contribution in [3.05, 3.63) is 35.1 Å². The quantitative estimate of drug-likeness (QED) is 0.840. The van der Waals surface area contributed by atoms with Crippen LogP contribution in [0, 0.1) is 12.7 Å². The molecule has 2 bridgehead atoms. The number of benzene rings is 1. The largest absolute Gasteiger partial charge is 0.337 e. The molecular weight excluding hydrogens is 243 g/mol. The summed E-state index contributed by atoms with van der Waals surface area (Å²) in [5, 5.41) is 3.56. The van der Waals surface area contributed by atoms with Crippen LogP contribution in [0.15, 0.2) is 18.2 Å². The van der Waals surface area contributed by atoms with E-state index in [-0.39, 0.29) is 11.7 Å². The Bertz CT molecular complexity index is 503. The summed E-state index contributed by atoms with van der Waals surface area (Å²) in [6.45, 7) is 3.26. The molecule has 4 heteroatoms. The number of fused-ring (bicyclic) bond motifs is 2. The summed E-state index contributed by atoms with van der Waals surface area (Å²) in [6, 6.07) is 5.61. The number of hydrogen-bond acceptors (Lipinski definition) is 2. The summed E-state index contributed by atoms with van der Waals surface area (Å²) in [6.07, 6.45) is 3.39. The second-order valence-corrected chi connectivity index (χ2v) is 5.64. The lowest BCUT2D eigenvalue weighted by atomic mass is 10.1. The average molecular weight is 262 g/mol. The molecule has 19 heavy (non-hydrogen) atoms. The number of aryl methyl sites for hydroxylation is 1. The van der Waals surface area contributed by atoms with Gasteiger partial charge in [-0.2, -0.15) is 0 Å². The number of hydrogen-bond donors (Lipinski definition) is 1.